The summed E-state index contributed by atoms with van der Waals surface area (Å²) in [5, 5.41) is 9.96. The van der Waals surface area contributed by atoms with E-state index in [2.05, 4.69) is 50.3 Å². The van der Waals surface area contributed by atoms with E-state index in [9.17, 15) is 9.90 Å². The van der Waals surface area contributed by atoms with Gasteiger partial charge in [-0.15, -0.1) is 0 Å². The smallest absolute Gasteiger partial charge is 0.257 e. The molecule has 0 atom stereocenters. The molecule has 0 bridgehead atoms. The lowest BCUT2D eigenvalue weighted by Crippen LogP contribution is -2.34. The van der Waals surface area contributed by atoms with Crippen LogP contribution in [0.4, 0.5) is 0 Å². The van der Waals surface area contributed by atoms with Crippen molar-refractivity contribution in [2.45, 2.75) is 40.5 Å². The molecule has 0 aliphatic rings. The Bertz CT molecular complexity index is 460. The van der Waals surface area contributed by atoms with E-state index >= 15 is 0 Å². The lowest BCUT2D eigenvalue weighted by Gasteiger charge is -2.25. The average Bonchev–Trinajstić information content (AvgIpc) is 2.40. The summed E-state index contributed by atoms with van der Waals surface area (Å²) >= 11 is 2.16. The highest BCUT2D eigenvalue weighted by Gasteiger charge is 2.19. The van der Waals surface area contributed by atoms with Crippen molar-refractivity contribution in [2.75, 3.05) is 13.1 Å². The van der Waals surface area contributed by atoms with Crippen LogP contribution >= 0.6 is 22.6 Å². The molecule has 0 saturated carbocycles. The molecule has 0 aromatic heterocycles. The standard InChI is InChI=1S/C17H26INO2/c1-12(2)7-9-19(10-8-13(3)4)17(21)15-11-14(18)5-6-16(15)20/h5-6,11-13,20H,7-10H2,1-4H3. The normalized spacial score (nSPS) is 11.2. The second-order valence-electron chi connectivity index (χ2n) is 6.32. The van der Waals surface area contributed by atoms with Gasteiger partial charge in [0.1, 0.15) is 5.75 Å². The molecule has 1 aromatic carbocycles. The van der Waals surface area contributed by atoms with Crippen LogP contribution in [0, 0.1) is 15.4 Å². The van der Waals surface area contributed by atoms with Crippen molar-refractivity contribution in [3.8, 4) is 5.75 Å². The maximum atomic E-state index is 12.7. The zero-order chi connectivity index (χ0) is 16.0. The number of halogens is 1. The zero-order valence-corrected chi connectivity index (χ0v) is 15.6. The number of aromatic hydroxyl groups is 1. The first-order chi connectivity index (χ1) is 9.81. The van der Waals surface area contributed by atoms with Gasteiger partial charge in [0.2, 0.25) is 0 Å². The number of carbonyl (C=O) groups is 1. The fraction of sp³-hybridized carbons (Fsp3) is 0.588. The molecule has 0 unspecified atom stereocenters. The van der Waals surface area contributed by atoms with E-state index in [0.29, 0.717) is 17.4 Å². The van der Waals surface area contributed by atoms with Gasteiger partial charge in [-0.1, -0.05) is 27.7 Å². The van der Waals surface area contributed by atoms with Crippen LogP contribution in [0.5, 0.6) is 5.75 Å². The predicted molar refractivity (Wildman–Crippen MR) is 95.6 cm³/mol. The highest BCUT2D eigenvalue weighted by Crippen LogP contribution is 2.22. The Balaban J connectivity index is 2.89. The number of hydrogen-bond acceptors (Lipinski definition) is 2. The minimum absolute atomic E-state index is 0.0627. The third-order valence-corrected chi connectivity index (χ3v) is 4.10. The van der Waals surface area contributed by atoms with Gasteiger partial charge in [-0.05, 0) is 65.5 Å². The van der Waals surface area contributed by atoms with Gasteiger partial charge in [0, 0.05) is 16.7 Å². The summed E-state index contributed by atoms with van der Waals surface area (Å²) in [5.41, 5.74) is 0.411. The zero-order valence-electron chi connectivity index (χ0n) is 13.4. The number of benzene rings is 1. The Labute approximate surface area is 141 Å². The van der Waals surface area contributed by atoms with Gasteiger partial charge in [0.25, 0.3) is 5.91 Å². The molecule has 0 spiro atoms. The Kier molecular flexibility index (Phi) is 7.49. The van der Waals surface area contributed by atoms with Gasteiger partial charge >= 0.3 is 0 Å². The Morgan fingerprint density at radius 2 is 1.67 bits per heavy atom. The van der Waals surface area contributed by atoms with Crippen LogP contribution in [-0.4, -0.2) is 29.0 Å². The second-order valence-corrected chi connectivity index (χ2v) is 7.56. The molecule has 1 N–H and O–H groups in total. The summed E-state index contributed by atoms with van der Waals surface area (Å²) in [6.45, 7) is 10.1. The largest absolute Gasteiger partial charge is 0.507 e. The molecule has 1 aromatic rings. The van der Waals surface area contributed by atoms with Crippen molar-refractivity contribution >= 4 is 28.5 Å². The highest BCUT2D eigenvalue weighted by atomic mass is 127. The molecule has 1 amide bonds. The molecule has 0 heterocycles. The monoisotopic (exact) mass is 403 g/mol. The molecular formula is C17H26INO2. The van der Waals surface area contributed by atoms with Crippen LogP contribution in [0.15, 0.2) is 18.2 Å². The molecule has 0 saturated heterocycles. The summed E-state index contributed by atoms with van der Waals surface area (Å²) in [4.78, 5) is 14.6. The third-order valence-electron chi connectivity index (χ3n) is 3.43. The maximum Gasteiger partial charge on any atom is 0.257 e. The number of nitrogens with zero attached hydrogens (tertiary/aromatic N) is 1. The van der Waals surface area contributed by atoms with E-state index in [1.54, 1.807) is 18.2 Å². The van der Waals surface area contributed by atoms with Gasteiger partial charge < -0.3 is 10.0 Å². The number of phenolic OH excluding ortho intramolecular Hbond substituents is 1. The van der Waals surface area contributed by atoms with E-state index in [1.165, 1.54) is 0 Å². The number of amides is 1. The van der Waals surface area contributed by atoms with Crippen LogP contribution in [-0.2, 0) is 0 Å². The van der Waals surface area contributed by atoms with Gasteiger partial charge in [-0.25, -0.2) is 0 Å². The van der Waals surface area contributed by atoms with Gasteiger partial charge in [-0.2, -0.15) is 0 Å². The molecule has 3 nitrogen and oxygen atoms in total. The summed E-state index contributed by atoms with van der Waals surface area (Å²) in [6, 6.07) is 5.16. The van der Waals surface area contributed by atoms with Crippen molar-refractivity contribution in [1.82, 2.24) is 4.90 Å². The van der Waals surface area contributed by atoms with Gasteiger partial charge in [0.15, 0.2) is 0 Å². The first kappa shape index (κ1) is 18.3. The van der Waals surface area contributed by atoms with E-state index in [-0.39, 0.29) is 11.7 Å². The van der Waals surface area contributed by atoms with E-state index in [0.717, 1.165) is 29.5 Å². The van der Waals surface area contributed by atoms with E-state index < -0.39 is 0 Å². The van der Waals surface area contributed by atoms with Gasteiger partial charge in [0.05, 0.1) is 5.56 Å². The van der Waals surface area contributed by atoms with Crippen molar-refractivity contribution < 1.29 is 9.90 Å². The number of hydrogen-bond donors (Lipinski definition) is 1. The minimum Gasteiger partial charge on any atom is -0.507 e. The minimum atomic E-state index is -0.0627. The lowest BCUT2D eigenvalue weighted by atomic mass is 10.1. The maximum absolute atomic E-state index is 12.7. The van der Waals surface area contributed by atoms with Crippen molar-refractivity contribution in [3.63, 3.8) is 0 Å². The van der Waals surface area contributed by atoms with E-state index in [1.807, 2.05) is 4.90 Å². The third kappa shape index (κ3) is 6.24. The number of carbonyl (C=O) groups excluding carboxylic acids is 1. The first-order valence-electron chi connectivity index (χ1n) is 7.59. The second kappa shape index (κ2) is 8.61. The fourth-order valence-corrected chi connectivity index (χ4v) is 2.48. The number of rotatable bonds is 7. The molecule has 21 heavy (non-hydrogen) atoms. The van der Waals surface area contributed by atoms with Crippen LogP contribution in [0.1, 0.15) is 50.9 Å². The molecule has 118 valence electrons. The summed E-state index contributed by atoms with van der Waals surface area (Å²) in [7, 11) is 0. The highest BCUT2D eigenvalue weighted by molar-refractivity contribution is 14.1. The van der Waals surface area contributed by atoms with Gasteiger partial charge in [-0.3, -0.25) is 4.79 Å². The molecule has 0 aliphatic heterocycles. The summed E-state index contributed by atoms with van der Waals surface area (Å²) < 4.78 is 0.960. The number of phenols is 1. The topological polar surface area (TPSA) is 40.5 Å². The van der Waals surface area contributed by atoms with Crippen LogP contribution in [0.2, 0.25) is 0 Å². The van der Waals surface area contributed by atoms with Crippen LogP contribution in [0.25, 0.3) is 0 Å². The molecule has 4 heteroatoms. The molecular weight excluding hydrogens is 377 g/mol. The lowest BCUT2D eigenvalue weighted by molar-refractivity contribution is 0.0737. The summed E-state index contributed by atoms with van der Waals surface area (Å²) in [5.74, 6) is 1.12. The molecule has 0 aliphatic carbocycles. The van der Waals surface area contributed by atoms with Crippen LogP contribution < -0.4 is 0 Å². The Morgan fingerprint density at radius 1 is 1.14 bits per heavy atom. The first-order valence-corrected chi connectivity index (χ1v) is 8.67. The summed E-state index contributed by atoms with van der Waals surface area (Å²) in [6.07, 6.45) is 1.96. The fourth-order valence-electron chi connectivity index (χ4n) is 1.99. The van der Waals surface area contributed by atoms with Crippen molar-refractivity contribution in [3.05, 3.63) is 27.3 Å². The molecule has 0 radical (unpaired) electrons. The predicted octanol–water partition coefficient (Wildman–Crippen LogP) is 4.53. The Morgan fingerprint density at radius 3 is 2.14 bits per heavy atom. The molecule has 0 fully saturated rings. The quantitative estimate of drug-likeness (QED) is 0.680. The van der Waals surface area contributed by atoms with Crippen molar-refractivity contribution in [1.29, 1.82) is 0 Å². The Hall–Kier alpha value is -0.780. The SMILES string of the molecule is CC(C)CCN(CCC(C)C)C(=O)c1cc(I)ccc1O. The van der Waals surface area contributed by atoms with E-state index in [4.69, 9.17) is 0 Å². The van der Waals surface area contributed by atoms with Crippen molar-refractivity contribution in [2.24, 2.45) is 11.8 Å². The molecule has 1 rings (SSSR count). The van der Waals surface area contributed by atoms with Crippen LogP contribution in [0.3, 0.4) is 0 Å². The average molecular weight is 403 g/mol.